The van der Waals surface area contributed by atoms with Crippen LogP contribution in [-0.4, -0.2) is 23.8 Å². The molecule has 0 aromatic rings. The summed E-state index contributed by atoms with van der Waals surface area (Å²) in [6.45, 7) is 0.751. The zero-order valence-corrected chi connectivity index (χ0v) is 8.45. The predicted octanol–water partition coefficient (Wildman–Crippen LogP) is 2.06. The third kappa shape index (κ3) is 1.92. The predicted molar refractivity (Wildman–Crippen MR) is 52.1 cm³/mol. The number of carbonyl (C=O) groups is 1. The molecule has 2 rings (SSSR count). The fourth-order valence-electron chi connectivity index (χ4n) is 2.69. The van der Waals surface area contributed by atoms with Crippen LogP contribution in [0, 0.1) is 11.8 Å². The van der Waals surface area contributed by atoms with E-state index in [2.05, 4.69) is 0 Å². The van der Waals surface area contributed by atoms with Crippen molar-refractivity contribution in [1.29, 1.82) is 0 Å². The summed E-state index contributed by atoms with van der Waals surface area (Å²) in [5.74, 6) is -0.516. The van der Waals surface area contributed by atoms with E-state index in [0.717, 1.165) is 25.9 Å². The highest BCUT2D eigenvalue weighted by molar-refractivity contribution is 5.71. The molecule has 0 amide bonds. The summed E-state index contributed by atoms with van der Waals surface area (Å²) < 4.78 is 5.33. The van der Waals surface area contributed by atoms with Gasteiger partial charge in [-0.2, -0.15) is 0 Å². The molecule has 1 aliphatic carbocycles. The van der Waals surface area contributed by atoms with Crippen molar-refractivity contribution in [2.75, 3.05) is 6.61 Å². The van der Waals surface area contributed by atoms with Crippen LogP contribution in [0.5, 0.6) is 0 Å². The first-order valence-electron chi connectivity index (χ1n) is 5.63. The van der Waals surface area contributed by atoms with E-state index in [9.17, 15) is 9.90 Å². The number of rotatable bonds is 3. The molecule has 1 saturated heterocycles. The number of hydrogen-bond donors (Lipinski definition) is 1. The minimum absolute atomic E-state index is 0.00981. The number of hydrogen-bond acceptors (Lipinski definition) is 2. The van der Waals surface area contributed by atoms with Crippen LogP contribution in [-0.2, 0) is 9.53 Å². The Labute approximate surface area is 84.4 Å². The van der Waals surface area contributed by atoms with Crippen LogP contribution in [0.25, 0.3) is 0 Å². The minimum Gasteiger partial charge on any atom is -0.481 e. The largest absolute Gasteiger partial charge is 0.481 e. The molecule has 0 bridgehead atoms. The van der Waals surface area contributed by atoms with E-state index in [0.29, 0.717) is 5.92 Å². The Morgan fingerprint density at radius 3 is 2.29 bits per heavy atom. The second-order valence-corrected chi connectivity index (χ2v) is 4.46. The van der Waals surface area contributed by atoms with E-state index >= 15 is 0 Å². The Hall–Kier alpha value is -0.570. The zero-order chi connectivity index (χ0) is 9.97. The molecule has 3 heteroatoms. The maximum absolute atomic E-state index is 11.2. The minimum atomic E-state index is -0.651. The van der Waals surface area contributed by atoms with Crippen LogP contribution < -0.4 is 0 Å². The van der Waals surface area contributed by atoms with Gasteiger partial charge in [0.25, 0.3) is 0 Å². The standard InChI is InChI=1S/C11H18O3/c12-11(13)10(9-6-7-14-9)8-4-2-1-3-5-8/h8-10H,1-7H2,(H,12,13). The molecule has 2 unspecified atom stereocenters. The van der Waals surface area contributed by atoms with E-state index < -0.39 is 5.97 Å². The van der Waals surface area contributed by atoms with Crippen molar-refractivity contribution in [2.24, 2.45) is 11.8 Å². The zero-order valence-electron chi connectivity index (χ0n) is 8.45. The molecule has 1 aliphatic heterocycles. The molecule has 1 saturated carbocycles. The molecule has 1 heterocycles. The van der Waals surface area contributed by atoms with Crippen molar-refractivity contribution in [1.82, 2.24) is 0 Å². The lowest BCUT2D eigenvalue weighted by molar-refractivity contribution is -0.162. The molecule has 2 aliphatic rings. The summed E-state index contributed by atoms with van der Waals surface area (Å²) >= 11 is 0. The van der Waals surface area contributed by atoms with Gasteiger partial charge in [-0.15, -0.1) is 0 Å². The molecule has 2 atom stereocenters. The van der Waals surface area contributed by atoms with Crippen molar-refractivity contribution in [3.63, 3.8) is 0 Å². The Balaban J connectivity index is 1.97. The molecule has 0 radical (unpaired) electrons. The van der Waals surface area contributed by atoms with Crippen molar-refractivity contribution in [2.45, 2.75) is 44.6 Å². The summed E-state index contributed by atoms with van der Waals surface area (Å²) in [6.07, 6.45) is 6.77. The van der Waals surface area contributed by atoms with Gasteiger partial charge in [0.05, 0.1) is 12.0 Å². The van der Waals surface area contributed by atoms with Crippen LogP contribution in [0.2, 0.25) is 0 Å². The summed E-state index contributed by atoms with van der Waals surface area (Å²) in [6, 6.07) is 0. The first-order chi connectivity index (χ1) is 6.79. The van der Waals surface area contributed by atoms with Crippen molar-refractivity contribution in [3.8, 4) is 0 Å². The van der Waals surface area contributed by atoms with E-state index in [1.165, 1.54) is 19.3 Å². The Bertz CT molecular complexity index is 205. The maximum Gasteiger partial charge on any atom is 0.309 e. The van der Waals surface area contributed by atoms with Gasteiger partial charge in [0.15, 0.2) is 0 Å². The Kier molecular flexibility index (Phi) is 3.06. The maximum atomic E-state index is 11.2. The first-order valence-corrected chi connectivity index (χ1v) is 5.63. The van der Waals surface area contributed by atoms with Crippen molar-refractivity contribution >= 4 is 5.97 Å². The van der Waals surface area contributed by atoms with E-state index in [-0.39, 0.29) is 12.0 Å². The van der Waals surface area contributed by atoms with Gasteiger partial charge < -0.3 is 9.84 Å². The molecule has 0 aromatic carbocycles. The lowest BCUT2D eigenvalue weighted by atomic mass is 9.76. The van der Waals surface area contributed by atoms with Crippen LogP contribution >= 0.6 is 0 Å². The quantitative estimate of drug-likeness (QED) is 0.755. The van der Waals surface area contributed by atoms with Gasteiger partial charge in [0.1, 0.15) is 0 Å². The summed E-state index contributed by atoms with van der Waals surface area (Å²) in [5.41, 5.74) is 0. The lowest BCUT2D eigenvalue weighted by Crippen LogP contribution is -2.43. The summed E-state index contributed by atoms with van der Waals surface area (Å²) in [7, 11) is 0. The second-order valence-electron chi connectivity index (χ2n) is 4.46. The number of ether oxygens (including phenoxy) is 1. The highest BCUT2D eigenvalue weighted by Gasteiger charge is 2.39. The van der Waals surface area contributed by atoms with Crippen molar-refractivity contribution in [3.05, 3.63) is 0 Å². The molecular weight excluding hydrogens is 180 g/mol. The number of carboxylic acids is 1. The Morgan fingerprint density at radius 2 is 1.86 bits per heavy atom. The molecule has 0 aromatic heterocycles. The van der Waals surface area contributed by atoms with Gasteiger partial charge in [-0.25, -0.2) is 0 Å². The molecule has 2 fully saturated rings. The van der Waals surface area contributed by atoms with E-state index in [4.69, 9.17) is 4.74 Å². The van der Waals surface area contributed by atoms with Gasteiger partial charge in [0.2, 0.25) is 0 Å². The molecular formula is C11H18O3. The Morgan fingerprint density at radius 1 is 1.21 bits per heavy atom. The van der Waals surface area contributed by atoms with Gasteiger partial charge in [0, 0.05) is 6.61 Å². The molecule has 1 N–H and O–H groups in total. The van der Waals surface area contributed by atoms with Crippen LogP contribution in [0.15, 0.2) is 0 Å². The van der Waals surface area contributed by atoms with Crippen LogP contribution in [0.1, 0.15) is 38.5 Å². The van der Waals surface area contributed by atoms with E-state index in [1.807, 2.05) is 0 Å². The lowest BCUT2D eigenvalue weighted by Gasteiger charge is -2.37. The van der Waals surface area contributed by atoms with E-state index in [1.54, 1.807) is 0 Å². The normalized spacial score (nSPS) is 30.7. The van der Waals surface area contributed by atoms with Gasteiger partial charge in [-0.3, -0.25) is 4.79 Å². The number of aliphatic carboxylic acids is 1. The third-order valence-electron chi connectivity index (χ3n) is 3.58. The molecule has 0 spiro atoms. The first kappa shape index (κ1) is 9.97. The summed E-state index contributed by atoms with van der Waals surface area (Å²) in [5, 5.41) is 9.18. The molecule has 80 valence electrons. The fraction of sp³-hybridized carbons (Fsp3) is 0.909. The van der Waals surface area contributed by atoms with Crippen LogP contribution in [0.4, 0.5) is 0 Å². The summed E-state index contributed by atoms with van der Waals surface area (Å²) in [4.78, 5) is 11.2. The highest BCUT2D eigenvalue weighted by Crippen LogP contribution is 2.36. The smallest absolute Gasteiger partial charge is 0.309 e. The fourth-order valence-corrected chi connectivity index (χ4v) is 2.69. The highest BCUT2D eigenvalue weighted by atomic mass is 16.5. The number of carboxylic acid groups (broad SMARTS) is 1. The topological polar surface area (TPSA) is 46.5 Å². The average Bonchev–Trinajstić information content (AvgIpc) is 2.12. The molecule has 14 heavy (non-hydrogen) atoms. The van der Waals surface area contributed by atoms with Gasteiger partial charge in [-0.1, -0.05) is 19.3 Å². The SMILES string of the molecule is O=C(O)C(C1CCCCC1)C1CCO1. The second kappa shape index (κ2) is 4.30. The monoisotopic (exact) mass is 198 g/mol. The van der Waals surface area contributed by atoms with Gasteiger partial charge >= 0.3 is 5.97 Å². The van der Waals surface area contributed by atoms with Crippen molar-refractivity contribution < 1.29 is 14.6 Å². The molecule has 3 nitrogen and oxygen atoms in total. The average molecular weight is 198 g/mol. The third-order valence-corrected chi connectivity index (χ3v) is 3.58. The van der Waals surface area contributed by atoms with Gasteiger partial charge in [-0.05, 0) is 25.2 Å². The van der Waals surface area contributed by atoms with Crippen LogP contribution in [0.3, 0.4) is 0 Å².